The second-order valence-electron chi connectivity index (χ2n) is 26.3. The van der Waals surface area contributed by atoms with Gasteiger partial charge in [-0.3, -0.25) is 14.4 Å². The molecule has 20 nitrogen and oxygen atoms in total. The number of carboxylic acids is 1. The Labute approximate surface area is 624 Å². The molecule has 3 atom stereocenters. The molecule has 0 aliphatic heterocycles. The molecular formula is C82H93ClF4N12O8. The van der Waals surface area contributed by atoms with E-state index in [2.05, 4.69) is 48.1 Å². The van der Waals surface area contributed by atoms with Crippen LogP contribution in [-0.4, -0.2) is 123 Å². The number of aliphatic hydroxyl groups is 1. The minimum atomic E-state index is -0.987. The molecule has 25 heteroatoms. The number of carboxylic acid groups (broad SMARTS) is 1. The summed E-state index contributed by atoms with van der Waals surface area (Å²) in [6.45, 7) is 9.83. The zero-order chi connectivity index (χ0) is 76.5. The molecule has 564 valence electrons. The molecule has 0 aliphatic rings. The third kappa shape index (κ3) is 25.0. The maximum atomic E-state index is 13.2. The number of hydrogen-bond acceptors (Lipinski definition) is 11. The summed E-state index contributed by atoms with van der Waals surface area (Å²) in [4.78, 5) is 72.7. The van der Waals surface area contributed by atoms with E-state index in [1.807, 2.05) is 106 Å². The number of unbranched alkanes of at least 4 members (excludes halogenated alkanes) is 1. The van der Waals surface area contributed by atoms with Crippen molar-refractivity contribution in [3.63, 3.8) is 0 Å². The lowest BCUT2D eigenvalue weighted by Crippen LogP contribution is -2.45. The number of rotatable bonds is 24. The lowest BCUT2D eigenvalue weighted by Gasteiger charge is -2.23. The number of halogens is 5. The van der Waals surface area contributed by atoms with E-state index in [0.717, 1.165) is 140 Å². The van der Waals surface area contributed by atoms with E-state index in [0.29, 0.717) is 49.8 Å². The summed E-state index contributed by atoms with van der Waals surface area (Å²) in [5.41, 5.74) is 34.4. The summed E-state index contributed by atoms with van der Waals surface area (Å²) in [7, 11) is 1.00. The normalized spacial score (nSPS) is 11.8. The van der Waals surface area contributed by atoms with Crippen LogP contribution >= 0.6 is 12.4 Å². The fraction of sp³-hybridized carbons (Fsp3) is 0.256. The van der Waals surface area contributed by atoms with Crippen molar-refractivity contribution in [2.75, 3.05) is 39.8 Å². The second-order valence-corrected chi connectivity index (χ2v) is 26.3. The van der Waals surface area contributed by atoms with Crippen LogP contribution in [0.5, 0.6) is 0 Å². The van der Waals surface area contributed by atoms with Crippen LogP contribution in [0.4, 0.5) is 22.4 Å². The third-order valence-electron chi connectivity index (χ3n) is 16.9. The highest BCUT2D eigenvalue weighted by Crippen LogP contribution is 2.30. The molecule has 107 heavy (non-hydrogen) atoms. The van der Waals surface area contributed by atoms with Crippen molar-refractivity contribution in [1.29, 1.82) is 0 Å². The van der Waals surface area contributed by atoms with Crippen molar-refractivity contribution in [1.82, 2.24) is 41.2 Å². The number of H-pyrrole nitrogens is 4. The van der Waals surface area contributed by atoms with Gasteiger partial charge in [0.15, 0.2) is 0 Å². The van der Waals surface area contributed by atoms with E-state index in [4.69, 9.17) is 37.9 Å². The molecule has 0 saturated heterocycles. The Hall–Kier alpha value is -11.1. The van der Waals surface area contributed by atoms with E-state index in [1.165, 1.54) is 48.5 Å². The molecule has 0 fully saturated rings. The van der Waals surface area contributed by atoms with Gasteiger partial charge in [-0.1, -0.05) is 117 Å². The summed E-state index contributed by atoms with van der Waals surface area (Å²) in [5, 5.41) is 31.0. The minimum Gasteiger partial charge on any atom is -0.477 e. The molecule has 0 aliphatic carbocycles. The third-order valence-corrected chi connectivity index (χ3v) is 16.9. The Morgan fingerprint density at radius 2 is 0.701 bits per heavy atom. The van der Waals surface area contributed by atoms with E-state index in [-0.39, 0.29) is 77.2 Å². The molecule has 0 bridgehead atoms. The number of nitrogens with two attached hydrogens (primary N) is 4. The summed E-state index contributed by atoms with van der Waals surface area (Å²) in [5.74, 6) is -2.70. The first-order chi connectivity index (χ1) is 50.9. The monoisotopic (exact) mass is 1480 g/mol. The number of alkyl carbamates (subject to hydrolysis) is 1. The standard InChI is InChI=1S/C26H32FN3O3.2C20H23FN4O.C15H10FNO2.CH4O.ClH/c1-5-6-7-21(29-25(32)33-26(2,3)4)16-28-24(31)23-15-19-9-8-18(14-22(19)30-23)17-10-12-20(27)13-11-17;2*21-16-7-5-13(6-8-16)14-3-4-15-11-19(25-18(15)10-14)20(26)24-12-17(23)2-1-9-22;16-12-5-3-9(4-6-12)10-1-2-11-8-14(15(18)19)17-13(11)7-10;1-2;/h8-15,21,30H,5-7,16H2,1-4H3,(H,28,31)(H,29,32);2*3-8,10-11,17,25H,1-2,9,12,22-23H2,(H,24,26);1-8,17H,(H,18,19);2H,1H3;1H/t21-;2*17-;;;/m000.../s1. The summed E-state index contributed by atoms with van der Waals surface area (Å²) in [6.07, 6.45) is 5.41. The average Bonchev–Trinajstić information content (AvgIpc) is 1.71. The van der Waals surface area contributed by atoms with Gasteiger partial charge in [0.05, 0.1) is 0 Å². The van der Waals surface area contributed by atoms with E-state index in [9.17, 15) is 41.5 Å². The van der Waals surface area contributed by atoms with Gasteiger partial charge < -0.3 is 79.1 Å². The van der Waals surface area contributed by atoms with Gasteiger partial charge in [-0.15, -0.1) is 12.4 Å². The molecule has 8 aromatic carbocycles. The van der Waals surface area contributed by atoms with E-state index in [1.54, 1.807) is 60.7 Å². The van der Waals surface area contributed by atoms with Crippen LogP contribution in [-0.2, 0) is 4.74 Å². The Kier molecular flexibility index (Phi) is 31.4. The molecule has 12 rings (SSSR count). The molecule has 4 aromatic heterocycles. The van der Waals surface area contributed by atoms with Crippen LogP contribution in [0.25, 0.3) is 88.1 Å². The van der Waals surface area contributed by atoms with Gasteiger partial charge in [-0.2, -0.15) is 0 Å². The van der Waals surface area contributed by atoms with E-state index >= 15 is 0 Å². The minimum absolute atomic E-state index is 0. The predicted molar refractivity (Wildman–Crippen MR) is 419 cm³/mol. The van der Waals surface area contributed by atoms with Crippen LogP contribution in [0.1, 0.15) is 115 Å². The number of nitrogens with one attached hydrogen (secondary N) is 8. The number of hydrogen-bond donors (Lipinski definition) is 14. The highest BCUT2D eigenvalue weighted by molar-refractivity contribution is 6.01. The number of aromatic carboxylic acids is 1. The van der Waals surface area contributed by atoms with Gasteiger partial charge in [-0.25, -0.2) is 27.2 Å². The molecule has 0 radical (unpaired) electrons. The number of aromatic amines is 4. The highest BCUT2D eigenvalue weighted by Gasteiger charge is 2.22. The fourth-order valence-electron chi connectivity index (χ4n) is 11.3. The topological polar surface area (TPSA) is 350 Å². The van der Waals surface area contributed by atoms with Crippen molar-refractivity contribution in [3.05, 3.63) is 240 Å². The number of fused-ring (bicyclic) bond motifs is 4. The van der Waals surface area contributed by atoms with Gasteiger partial charge >= 0.3 is 12.1 Å². The number of amides is 4. The Balaban J connectivity index is 0.000000200. The highest BCUT2D eigenvalue weighted by atomic mass is 35.5. The smallest absolute Gasteiger partial charge is 0.407 e. The maximum absolute atomic E-state index is 13.2. The molecule has 0 spiro atoms. The molecule has 18 N–H and O–H groups in total. The van der Waals surface area contributed by atoms with Crippen LogP contribution in [0, 0.1) is 23.3 Å². The van der Waals surface area contributed by atoms with Gasteiger partial charge in [0.2, 0.25) is 0 Å². The zero-order valence-corrected chi connectivity index (χ0v) is 61.1. The fourth-order valence-corrected chi connectivity index (χ4v) is 11.3. The first-order valence-electron chi connectivity index (χ1n) is 34.9. The van der Waals surface area contributed by atoms with Crippen LogP contribution in [0.15, 0.2) is 194 Å². The molecule has 4 heterocycles. The Morgan fingerprint density at radius 1 is 0.421 bits per heavy atom. The van der Waals surface area contributed by atoms with Crippen LogP contribution < -0.4 is 44.2 Å². The molecule has 12 aromatic rings. The summed E-state index contributed by atoms with van der Waals surface area (Å²) < 4.78 is 57.6. The van der Waals surface area contributed by atoms with Crippen molar-refractivity contribution in [2.24, 2.45) is 22.9 Å². The zero-order valence-electron chi connectivity index (χ0n) is 60.3. The van der Waals surface area contributed by atoms with Crippen LogP contribution in [0.3, 0.4) is 0 Å². The van der Waals surface area contributed by atoms with Gasteiger partial charge in [-0.05, 0) is 208 Å². The maximum Gasteiger partial charge on any atom is 0.407 e. The molecule has 0 saturated carbocycles. The Morgan fingerprint density at radius 3 is 0.981 bits per heavy atom. The summed E-state index contributed by atoms with van der Waals surface area (Å²) in [6, 6.07) is 54.8. The number of carbonyl (C=O) groups is 5. The summed E-state index contributed by atoms with van der Waals surface area (Å²) >= 11 is 0. The molecular weight excluding hydrogens is 1390 g/mol. The van der Waals surface area contributed by atoms with Crippen molar-refractivity contribution < 1.29 is 56.5 Å². The molecule has 0 unspecified atom stereocenters. The van der Waals surface area contributed by atoms with Crippen LogP contribution in [0.2, 0.25) is 0 Å². The second kappa shape index (κ2) is 40.4. The van der Waals surface area contributed by atoms with Gasteiger partial charge in [0, 0.05) is 88.5 Å². The average molecular weight is 1490 g/mol. The van der Waals surface area contributed by atoms with Crippen molar-refractivity contribution >= 4 is 85.8 Å². The predicted octanol–water partition coefficient (Wildman–Crippen LogP) is 15.0. The quantitative estimate of drug-likeness (QED) is 0.0251. The van der Waals surface area contributed by atoms with Gasteiger partial charge in [0.1, 0.15) is 51.6 Å². The lowest BCUT2D eigenvalue weighted by atomic mass is 10.0. The first-order valence-corrected chi connectivity index (χ1v) is 34.9. The van der Waals surface area contributed by atoms with Crippen molar-refractivity contribution in [2.45, 2.75) is 96.4 Å². The number of aliphatic hydroxyl groups excluding tert-OH is 1. The van der Waals surface area contributed by atoms with Gasteiger partial charge in [0.25, 0.3) is 17.7 Å². The number of benzene rings is 8. The SMILES string of the molecule is CCCC[C@@H](CNC(=O)c1cc2ccc(-c3ccc(F)cc3)cc2[nH]1)NC(=O)OC(C)(C)C.CO.Cl.NCCC[C@H](N)CNC(=O)c1cc2ccc(-c3ccc(F)cc3)cc2[nH]1.NCCC[C@H](N)CNC(=O)c1cc2ccc(-c3ccc(F)cc3)cc2[nH]1.O=C(O)c1cc2ccc(-c3ccc(F)cc3)cc2[nH]1. The number of carbonyl (C=O) groups excluding carboxylic acids is 4. The van der Waals surface area contributed by atoms with Crippen molar-refractivity contribution in [3.8, 4) is 44.5 Å². The first kappa shape index (κ1) is 83.2. The number of ether oxygens (including phenoxy) is 1. The largest absolute Gasteiger partial charge is 0.477 e. The van der Waals surface area contributed by atoms with E-state index < -0.39 is 17.7 Å². The lowest BCUT2D eigenvalue weighted by molar-refractivity contribution is 0.0497. The molecule has 4 amide bonds. The number of aromatic nitrogens is 4. The Bertz CT molecular complexity index is 4720.